The monoisotopic (exact) mass is 324 g/mol. The summed E-state index contributed by atoms with van der Waals surface area (Å²) in [7, 11) is 1.70. The molecule has 2 fully saturated rings. The topological polar surface area (TPSA) is 50.4 Å². The first kappa shape index (κ1) is 17.1. The molecule has 1 heterocycles. The third kappa shape index (κ3) is 2.95. The standard InChI is InChI=1S/C17H24N2O2.ClH/c1-11(12-9-18-10-12)16(20)19-15-8-17(15,2)13-6-4-5-7-14(13)21-3;/h4-7,11-12,15,18H,8-10H2,1-3H3,(H,19,20);1H. The average Bonchev–Trinajstić information content (AvgIpc) is 3.08. The molecule has 1 saturated carbocycles. The van der Waals surface area contributed by atoms with E-state index in [1.807, 2.05) is 25.1 Å². The Morgan fingerprint density at radius 2 is 2.09 bits per heavy atom. The number of amides is 1. The lowest BCUT2D eigenvalue weighted by Crippen LogP contribution is -2.50. The van der Waals surface area contributed by atoms with E-state index in [4.69, 9.17) is 4.74 Å². The quantitative estimate of drug-likeness (QED) is 0.872. The molecule has 1 saturated heterocycles. The average molecular weight is 325 g/mol. The fourth-order valence-electron chi connectivity index (χ4n) is 3.17. The molecule has 1 aliphatic carbocycles. The van der Waals surface area contributed by atoms with Crippen molar-refractivity contribution in [2.75, 3.05) is 20.2 Å². The van der Waals surface area contributed by atoms with Gasteiger partial charge in [0.25, 0.3) is 0 Å². The van der Waals surface area contributed by atoms with Crippen LogP contribution in [0.15, 0.2) is 24.3 Å². The van der Waals surface area contributed by atoms with Crippen molar-refractivity contribution in [3.05, 3.63) is 29.8 Å². The van der Waals surface area contributed by atoms with Crippen molar-refractivity contribution in [2.45, 2.75) is 31.7 Å². The number of carbonyl (C=O) groups is 1. The Labute approximate surface area is 138 Å². The van der Waals surface area contributed by atoms with E-state index in [-0.39, 0.29) is 35.7 Å². The second kappa shape index (κ2) is 6.47. The molecule has 5 heteroatoms. The zero-order chi connectivity index (χ0) is 15.0. The van der Waals surface area contributed by atoms with Gasteiger partial charge in [-0.1, -0.05) is 32.0 Å². The van der Waals surface area contributed by atoms with Gasteiger partial charge in [-0.25, -0.2) is 0 Å². The number of ether oxygens (including phenoxy) is 1. The number of benzene rings is 1. The Balaban J connectivity index is 0.00000176. The molecular weight excluding hydrogens is 300 g/mol. The maximum atomic E-state index is 12.3. The number of rotatable bonds is 5. The third-order valence-electron chi connectivity index (χ3n) is 5.21. The SMILES string of the molecule is COc1ccccc1C1(C)CC1NC(=O)C(C)C1CNC1.Cl. The van der Waals surface area contributed by atoms with Crippen LogP contribution in [0.25, 0.3) is 0 Å². The van der Waals surface area contributed by atoms with Crippen molar-refractivity contribution in [3.8, 4) is 5.75 Å². The molecule has 1 aromatic rings. The molecule has 1 aliphatic heterocycles. The van der Waals surface area contributed by atoms with Gasteiger partial charge in [0.05, 0.1) is 7.11 Å². The van der Waals surface area contributed by atoms with Crippen LogP contribution in [0.2, 0.25) is 0 Å². The van der Waals surface area contributed by atoms with Gasteiger partial charge in [0, 0.05) is 22.9 Å². The zero-order valence-electron chi connectivity index (χ0n) is 13.4. The molecular formula is C17H25ClN2O2. The summed E-state index contributed by atoms with van der Waals surface area (Å²) in [4.78, 5) is 12.3. The Morgan fingerprint density at radius 3 is 2.68 bits per heavy atom. The molecule has 3 rings (SSSR count). The fraction of sp³-hybridized carbons (Fsp3) is 0.588. The zero-order valence-corrected chi connectivity index (χ0v) is 14.2. The minimum absolute atomic E-state index is 0. The summed E-state index contributed by atoms with van der Waals surface area (Å²) in [6, 6.07) is 8.32. The molecule has 3 unspecified atom stereocenters. The largest absolute Gasteiger partial charge is 0.496 e. The van der Waals surface area contributed by atoms with E-state index in [0.717, 1.165) is 25.3 Å². The van der Waals surface area contributed by atoms with Gasteiger partial charge in [-0.2, -0.15) is 0 Å². The van der Waals surface area contributed by atoms with E-state index >= 15 is 0 Å². The van der Waals surface area contributed by atoms with E-state index in [2.05, 4.69) is 23.6 Å². The highest BCUT2D eigenvalue weighted by molar-refractivity contribution is 5.85. The molecule has 122 valence electrons. The van der Waals surface area contributed by atoms with E-state index in [1.165, 1.54) is 5.56 Å². The minimum Gasteiger partial charge on any atom is -0.496 e. The molecule has 0 aromatic heterocycles. The minimum atomic E-state index is -0.000152. The van der Waals surface area contributed by atoms with Crippen LogP contribution in [0.3, 0.4) is 0 Å². The van der Waals surface area contributed by atoms with Crippen molar-refractivity contribution < 1.29 is 9.53 Å². The van der Waals surface area contributed by atoms with Crippen molar-refractivity contribution in [1.29, 1.82) is 0 Å². The summed E-state index contributed by atoms with van der Waals surface area (Å²) in [5, 5.41) is 6.45. The summed E-state index contributed by atoms with van der Waals surface area (Å²) >= 11 is 0. The normalized spacial score (nSPS) is 28.0. The molecule has 2 aliphatic rings. The first-order valence-electron chi connectivity index (χ1n) is 7.71. The molecule has 1 amide bonds. The van der Waals surface area contributed by atoms with Crippen molar-refractivity contribution in [1.82, 2.24) is 10.6 Å². The molecule has 3 atom stereocenters. The summed E-state index contributed by atoms with van der Waals surface area (Å²) in [6.45, 7) is 6.15. The number of carbonyl (C=O) groups excluding carboxylic acids is 1. The maximum absolute atomic E-state index is 12.3. The summed E-state index contributed by atoms with van der Waals surface area (Å²) in [6.07, 6.45) is 0.981. The Bertz CT molecular complexity index is 547. The van der Waals surface area contributed by atoms with Crippen LogP contribution in [-0.2, 0) is 10.2 Å². The highest BCUT2D eigenvalue weighted by Crippen LogP contribution is 2.51. The molecule has 0 bridgehead atoms. The molecule has 4 nitrogen and oxygen atoms in total. The lowest BCUT2D eigenvalue weighted by atomic mass is 9.88. The first-order valence-corrected chi connectivity index (χ1v) is 7.71. The Kier molecular flexibility index (Phi) is 5.03. The predicted molar refractivity (Wildman–Crippen MR) is 89.7 cm³/mol. The first-order chi connectivity index (χ1) is 10.1. The van der Waals surface area contributed by atoms with E-state index in [1.54, 1.807) is 7.11 Å². The van der Waals surface area contributed by atoms with Crippen molar-refractivity contribution >= 4 is 18.3 Å². The Morgan fingerprint density at radius 1 is 1.41 bits per heavy atom. The lowest BCUT2D eigenvalue weighted by Gasteiger charge is -2.32. The van der Waals surface area contributed by atoms with E-state index < -0.39 is 0 Å². The molecule has 0 spiro atoms. The molecule has 0 radical (unpaired) electrons. The van der Waals surface area contributed by atoms with Crippen LogP contribution in [0, 0.1) is 11.8 Å². The molecule has 22 heavy (non-hydrogen) atoms. The fourth-order valence-corrected chi connectivity index (χ4v) is 3.17. The van der Waals surface area contributed by atoms with Gasteiger partial charge in [0.2, 0.25) is 5.91 Å². The maximum Gasteiger partial charge on any atom is 0.223 e. The number of para-hydroxylation sites is 1. The molecule has 2 N–H and O–H groups in total. The third-order valence-corrected chi connectivity index (χ3v) is 5.21. The van der Waals surface area contributed by atoms with Crippen molar-refractivity contribution in [3.63, 3.8) is 0 Å². The van der Waals surface area contributed by atoms with Crippen LogP contribution in [0.1, 0.15) is 25.8 Å². The second-order valence-electron chi connectivity index (χ2n) is 6.59. The smallest absolute Gasteiger partial charge is 0.223 e. The highest BCUT2D eigenvalue weighted by Gasteiger charge is 2.53. The summed E-state index contributed by atoms with van der Waals surface area (Å²) < 4.78 is 5.46. The van der Waals surface area contributed by atoms with Gasteiger partial charge in [-0.05, 0) is 31.5 Å². The van der Waals surface area contributed by atoms with Crippen LogP contribution in [0.5, 0.6) is 5.75 Å². The number of halogens is 1. The predicted octanol–water partition coefficient (Wildman–Crippen LogP) is 2.12. The van der Waals surface area contributed by atoms with E-state index in [0.29, 0.717) is 5.92 Å². The second-order valence-corrected chi connectivity index (χ2v) is 6.59. The summed E-state index contributed by atoms with van der Waals surface area (Å²) in [5.41, 5.74) is 1.19. The molecule has 1 aromatic carbocycles. The number of hydrogen-bond donors (Lipinski definition) is 2. The number of nitrogens with one attached hydrogen (secondary N) is 2. The van der Waals surface area contributed by atoms with Crippen LogP contribution in [-0.4, -0.2) is 32.1 Å². The van der Waals surface area contributed by atoms with Crippen LogP contribution in [0.4, 0.5) is 0 Å². The van der Waals surface area contributed by atoms with Crippen LogP contribution < -0.4 is 15.4 Å². The van der Waals surface area contributed by atoms with Gasteiger partial charge in [0.15, 0.2) is 0 Å². The van der Waals surface area contributed by atoms with E-state index in [9.17, 15) is 4.79 Å². The van der Waals surface area contributed by atoms with Gasteiger partial charge in [-0.15, -0.1) is 12.4 Å². The van der Waals surface area contributed by atoms with Gasteiger partial charge in [-0.3, -0.25) is 4.79 Å². The van der Waals surface area contributed by atoms with Gasteiger partial charge < -0.3 is 15.4 Å². The van der Waals surface area contributed by atoms with Crippen LogP contribution >= 0.6 is 12.4 Å². The Hall–Kier alpha value is -1.26. The number of hydrogen-bond acceptors (Lipinski definition) is 3. The highest BCUT2D eigenvalue weighted by atomic mass is 35.5. The van der Waals surface area contributed by atoms with Gasteiger partial charge in [0.1, 0.15) is 5.75 Å². The lowest BCUT2D eigenvalue weighted by molar-refractivity contribution is -0.126. The summed E-state index contributed by atoms with van der Waals surface area (Å²) in [5.74, 6) is 1.67. The van der Waals surface area contributed by atoms with Crippen molar-refractivity contribution in [2.24, 2.45) is 11.8 Å². The van der Waals surface area contributed by atoms with Gasteiger partial charge >= 0.3 is 0 Å². The number of methoxy groups -OCH3 is 1.